The molecule has 10 heteroatoms. The van der Waals surface area contributed by atoms with E-state index in [-0.39, 0.29) is 11.4 Å². The zero-order valence-electron chi connectivity index (χ0n) is 16.8. The lowest BCUT2D eigenvalue weighted by Gasteiger charge is -2.19. The number of rotatable bonds is 4. The quantitative estimate of drug-likeness (QED) is 0.586. The number of carbonyl (C=O) groups is 2. The van der Waals surface area contributed by atoms with Gasteiger partial charge in [-0.05, 0) is 63.2 Å². The van der Waals surface area contributed by atoms with E-state index in [1.54, 1.807) is 20.8 Å². The Bertz CT molecular complexity index is 907. The summed E-state index contributed by atoms with van der Waals surface area (Å²) in [6.07, 6.45) is -5.19. The minimum absolute atomic E-state index is 0.0788. The van der Waals surface area contributed by atoms with Gasteiger partial charge in [-0.2, -0.15) is 13.2 Å². The zero-order chi connectivity index (χ0) is 22.5. The van der Waals surface area contributed by atoms with Crippen LogP contribution < -0.4 is 20.7 Å². The Hall–Kier alpha value is -3.43. The monoisotopic (exact) mass is 425 g/mol. The molecule has 162 valence electrons. The molecule has 3 amide bonds. The van der Waals surface area contributed by atoms with Gasteiger partial charge in [0.1, 0.15) is 11.4 Å². The van der Waals surface area contributed by atoms with E-state index in [4.69, 9.17) is 9.47 Å². The van der Waals surface area contributed by atoms with Crippen molar-refractivity contribution in [2.45, 2.75) is 32.5 Å². The van der Waals surface area contributed by atoms with Crippen LogP contribution in [0.2, 0.25) is 0 Å². The summed E-state index contributed by atoms with van der Waals surface area (Å²) in [5.74, 6) is 0.0788. The maximum Gasteiger partial charge on any atom is 0.416 e. The fourth-order valence-electron chi connectivity index (χ4n) is 2.33. The smallest absolute Gasteiger partial charge is 0.416 e. The molecule has 0 bridgehead atoms. The van der Waals surface area contributed by atoms with Crippen LogP contribution in [-0.4, -0.2) is 24.8 Å². The van der Waals surface area contributed by atoms with Crippen LogP contribution in [-0.2, 0) is 10.9 Å². The lowest BCUT2D eigenvalue weighted by atomic mass is 10.2. The van der Waals surface area contributed by atoms with Crippen molar-refractivity contribution in [1.29, 1.82) is 0 Å². The Labute approximate surface area is 171 Å². The van der Waals surface area contributed by atoms with E-state index < -0.39 is 29.5 Å². The predicted octanol–water partition coefficient (Wildman–Crippen LogP) is 5.71. The normalized spacial score (nSPS) is 11.4. The fraction of sp³-hybridized carbons (Fsp3) is 0.300. The van der Waals surface area contributed by atoms with Gasteiger partial charge in [0.2, 0.25) is 0 Å². The number of anilines is 3. The van der Waals surface area contributed by atoms with Crippen molar-refractivity contribution in [2.75, 3.05) is 23.1 Å². The molecule has 2 aromatic rings. The molecule has 0 saturated heterocycles. The second-order valence-corrected chi connectivity index (χ2v) is 7.20. The van der Waals surface area contributed by atoms with Crippen molar-refractivity contribution in [1.82, 2.24) is 0 Å². The molecule has 0 atom stereocenters. The highest BCUT2D eigenvalue weighted by Crippen LogP contribution is 2.35. The number of urea groups is 1. The van der Waals surface area contributed by atoms with E-state index in [2.05, 4.69) is 16.0 Å². The van der Waals surface area contributed by atoms with E-state index in [1.165, 1.54) is 31.4 Å². The van der Waals surface area contributed by atoms with E-state index in [0.29, 0.717) is 11.4 Å². The molecule has 0 fully saturated rings. The van der Waals surface area contributed by atoms with Crippen LogP contribution in [0.1, 0.15) is 26.3 Å². The number of methoxy groups -OCH3 is 1. The summed E-state index contributed by atoms with van der Waals surface area (Å²) >= 11 is 0. The number of nitrogens with one attached hydrogen (secondary N) is 3. The first kappa shape index (κ1) is 22.9. The Kier molecular flexibility index (Phi) is 6.81. The van der Waals surface area contributed by atoms with Crippen molar-refractivity contribution in [3.05, 3.63) is 48.0 Å². The average Bonchev–Trinajstić information content (AvgIpc) is 2.61. The van der Waals surface area contributed by atoms with Gasteiger partial charge in [-0.1, -0.05) is 0 Å². The van der Waals surface area contributed by atoms with Crippen LogP contribution in [0.25, 0.3) is 0 Å². The van der Waals surface area contributed by atoms with Gasteiger partial charge in [0.05, 0.1) is 18.4 Å². The van der Waals surface area contributed by atoms with Gasteiger partial charge in [0.15, 0.2) is 0 Å². The molecule has 0 aliphatic carbocycles. The van der Waals surface area contributed by atoms with E-state index in [9.17, 15) is 22.8 Å². The summed E-state index contributed by atoms with van der Waals surface area (Å²) in [5, 5.41) is 7.36. The van der Waals surface area contributed by atoms with Crippen LogP contribution in [0.3, 0.4) is 0 Å². The van der Waals surface area contributed by atoms with E-state index in [1.807, 2.05) is 0 Å². The molecule has 0 aliphatic rings. The maximum atomic E-state index is 12.9. The van der Waals surface area contributed by atoms with Crippen LogP contribution in [0.5, 0.6) is 5.75 Å². The number of benzene rings is 2. The van der Waals surface area contributed by atoms with Crippen LogP contribution in [0.4, 0.5) is 39.8 Å². The van der Waals surface area contributed by atoms with E-state index >= 15 is 0 Å². The van der Waals surface area contributed by atoms with Crippen molar-refractivity contribution in [2.24, 2.45) is 0 Å². The highest BCUT2D eigenvalue weighted by molar-refractivity contribution is 6.01. The summed E-state index contributed by atoms with van der Waals surface area (Å²) in [6.45, 7) is 5.20. The predicted molar refractivity (Wildman–Crippen MR) is 107 cm³/mol. The SMILES string of the molecule is COc1ccc(C(F)(F)F)cc1NC(=O)Nc1ccc(NC(=O)OC(C)(C)C)cc1. The molecular weight excluding hydrogens is 403 g/mol. The molecular formula is C20H22F3N3O4. The molecule has 0 radical (unpaired) electrons. The first-order chi connectivity index (χ1) is 13.9. The van der Waals surface area contributed by atoms with Gasteiger partial charge in [0, 0.05) is 11.4 Å². The largest absolute Gasteiger partial charge is 0.495 e. The molecule has 0 aliphatic heterocycles. The van der Waals surface area contributed by atoms with Crippen LogP contribution in [0, 0.1) is 0 Å². The molecule has 3 N–H and O–H groups in total. The molecule has 0 unspecified atom stereocenters. The van der Waals surface area contributed by atoms with Crippen molar-refractivity contribution in [3.8, 4) is 5.75 Å². The number of carbonyl (C=O) groups excluding carboxylic acids is 2. The van der Waals surface area contributed by atoms with Gasteiger partial charge in [-0.25, -0.2) is 9.59 Å². The Morgan fingerprint density at radius 3 is 1.93 bits per heavy atom. The van der Waals surface area contributed by atoms with Gasteiger partial charge < -0.3 is 20.1 Å². The third kappa shape index (κ3) is 6.87. The lowest BCUT2D eigenvalue weighted by Crippen LogP contribution is -2.27. The number of alkyl halides is 3. The third-order valence-electron chi connectivity index (χ3n) is 3.56. The van der Waals surface area contributed by atoms with Gasteiger partial charge in [0.25, 0.3) is 0 Å². The number of amides is 3. The first-order valence-corrected chi connectivity index (χ1v) is 8.81. The number of hydrogen-bond donors (Lipinski definition) is 3. The second-order valence-electron chi connectivity index (χ2n) is 7.20. The highest BCUT2D eigenvalue weighted by atomic mass is 19.4. The molecule has 0 heterocycles. The van der Waals surface area contributed by atoms with Gasteiger partial charge in [-0.3, -0.25) is 5.32 Å². The number of hydrogen-bond acceptors (Lipinski definition) is 4. The molecule has 0 spiro atoms. The van der Waals surface area contributed by atoms with E-state index in [0.717, 1.165) is 18.2 Å². The topological polar surface area (TPSA) is 88.7 Å². The summed E-state index contributed by atoms with van der Waals surface area (Å²) in [7, 11) is 1.28. The molecule has 30 heavy (non-hydrogen) atoms. The standard InChI is InChI=1S/C20H22F3N3O4/c1-19(2,3)30-18(28)25-14-8-6-13(7-9-14)24-17(27)26-15-11-12(20(21,22)23)5-10-16(15)29-4/h5-11H,1-4H3,(H,25,28)(H2,24,26,27). The van der Waals surface area contributed by atoms with Gasteiger partial charge in [-0.15, -0.1) is 0 Å². The van der Waals surface area contributed by atoms with Crippen molar-refractivity contribution < 1.29 is 32.2 Å². The Balaban J connectivity index is 2.02. The highest BCUT2D eigenvalue weighted by Gasteiger charge is 2.31. The van der Waals surface area contributed by atoms with Crippen LogP contribution in [0.15, 0.2) is 42.5 Å². The average molecular weight is 425 g/mol. The number of ether oxygens (including phenoxy) is 2. The molecule has 2 aromatic carbocycles. The van der Waals surface area contributed by atoms with Gasteiger partial charge >= 0.3 is 18.3 Å². The fourth-order valence-corrected chi connectivity index (χ4v) is 2.33. The zero-order valence-corrected chi connectivity index (χ0v) is 16.8. The van der Waals surface area contributed by atoms with Crippen LogP contribution >= 0.6 is 0 Å². The molecule has 0 aromatic heterocycles. The maximum absolute atomic E-state index is 12.9. The lowest BCUT2D eigenvalue weighted by molar-refractivity contribution is -0.137. The summed E-state index contributed by atoms with van der Waals surface area (Å²) in [5.41, 5.74) is -0.902. The Morgan fingerprint density at radius 1 is 0.867 bits per heavy atom. The first-order valence-electron chi connectivity index (χ1n) is 8.81. The summed E-state index contributed by atoms with van der Waals surface area (Å²) < 4.78 is 48.8. The minimum atomic E-state index is -4.56. The molecule has 7 nitrogen and oxygen atoms in total. The molecule has 2 rings (SSSR count). The second kappa shape index (κ2) is 8.93. The molecule has 0 saturated carbocycles. The van der Waals surface area contributed by atoms with Crippen molar-refractivity contribution in [3.63, 3.8) is 0 Å². The van der Waals surface area contributed by atoms with Crippen molar-refractivity contribution >= 4 is 29.2 Å². The summed E-state index contributed by atoms with van der Waals surface area (Å²) in [6, 6.07) is 8.08. The number of halogens is 3. The Morgan fingerprint density at radius 2 is 1.43 bits per heavy atom. The summed E-state index contributed by atoms with van der Waals surface area (Å²) in [4.78, 5) is 23.9. The third-order valence-corrected chi connectivity index (χ3v) is 3.56. The minimum Gasteiger partial charge on any atom is -0.495 e.